The van der Waals surface area contributed by atoms with Gasteiger partial charge in [0.2, 0.25) is 0 Å². The van der Waals surface area contributed by atoms with Crippen molar-refractivity contribution in [3.63, 3.8) is 0 Å². The summed E-state index contributed by atoms with van der Waals surface area (Å²) in [7, 11) is -2.17. The molecule has 1 heterocycles. The van der Waals surface area contributed by atoms with Gasteiger partial charge in [-0.3, -0.25) is 9.52 Å². The molecule has 0 saturated heterocycles. The molecule has 0 aliphatic heterocycles. The van der Waals surface area contributed by atoms with Crippen molar-refractivity contribution >= 4 is 33.4 Å². The van der Waals surface area contributed by atoms with E-state index >= 15 is 0 Å². The first-order valence-electron chi connectivity index (χ1n) is 10.0. The second-order valence-electron chi connectivity index (χ2n) is 7.08. The summed E-state index contributed by atoms with van der Waals surface area (Å²) in [6.07, 6.45) is 2.41. The van der Waals surface area contributed by atoms with Gasteiger partial charge < -0.3 is 10.1 Å². The van der Waals surface area contributed by atoms with Crippen LogP contribution in [0.25, 0.3) is 0 Å². The third-order valence-corrected chi connectivity index (χ3v) is 7.04. The van der Waals surface area contributed by atoms with Gasteiger partial charge in [-0.2, -0.15) is 0 Å². The lowest BCUT2D eigenvalue weighted by atomic mass is 10.2. The van der Waals surface area contributed by atoms with Crippen molar-refractivity contribution in [2.75, 3.05) is 11.8 Å². The van der Waals surface area contributed by atoms with Crippen molar-refractivity contribution < 1.29 is 17.9 Å². The van der Waals surface area contributed by atoms with Crippen LogP contribution in [0.15, 0.2) is 81.7 Å². The Bertz CT molecular complexity index is 1150. The first kappa shape index (κ1) is 23.6. The molecule has 9 heteroatoms. The van der Waals surface area contributed by atoms with E-state index in [2.05, 4.69) is 15.0 Å². The van der Waals surface area contributed by atoms with E-state index in [0.29, 0.717) is 17.0 Å². The predicted molar refractivity (Wildman–Crippen MR) is 126 cm³/mol. The standard InChI is InChI=1S/C23H25N3O4S2/c1-4-16(2)25-23(27)17-5-14-22(24-15-17)31-20-10-6-18(7-11-20)26-32(28,29)21-12-8-19(30-3)9-13-21/h5-16,26H,4H2,1-3H3,(H,25,27)/t16-/m0/s1. The quantitative estimate of drug-likeness (QED) is 0.474. The number of sulfonamides is 1. The molecule has 1 aromatic heterocycles. The summed E-state index contributed by atoms with van der Waals surface area (Å²) in [5, 5.41) is 3.64. The first-order valence-corrected chi connectivity index (χ1v) is 12.3. The lowest BCUT2D eigenvalue weighted by molar-refractivity contribution is 0.0938. The molecule has 0 aliphatic rings. The molecule has 0 saturated carbocycles. The Kier molecular flexibility index (Phi) is 7.76. The molecule has 0 spiro atoms. The second kappa shape index (κ2) is 10.5. The van der Waals surface area contributed by atoms with Crippen LogP contribution in [-0.4, -0.2) is 32.5 Å². The number of aromatic nitrogens is 1. The van der Waals surface area contributed by atoms with Crippen LogP contribution in [0.2, 0.25) is 0 Å². The Morgan fingerprint density at radius 2 is 1.75 bits per heavy atom. The number of methoxy groups -OCH3 is 1. The van der Waals surface area contributed by atoms with Gasteiger partial charge in [0.1, 0.15) is 10.8 Å². The Balaban J connectivity index is 1.62. The van der Waals surface area contributed by atoms with Crippen molar-refractivity contribution in [3.8, 4) is 5.75 Å². The van der Waals surface area contributed by atoms with Crippen molar-refractivity contribution in [3.05, 3.63) is 72.4 Å². The first-order chi connectivity index (χ1) is 15.3. The molecule has 1 atom stereocenters. The summed E-state index contributed by atoms with van der Waals surface area (Å²) in [4.78, 5) is 17.5. The van der Waals surface area contributed by atoms with Gasteiger partial charge in [0, 0.05) is 22.8 Å². The minimum Gasteiger partial charge on any atom is -0.497 e. The molecule has 0 unspecified atom stereocenters. The number of nitrogens with one attached hydrogen (secondary N) is 2. The fourth-order valence-electron chi connectivity index (χ4n) is 2.66. The maximum absolute atomic E-state index is 12.6. The van der Waals surface area contributed by atoms with E-state index in [-0.39, 0.29) is 16.8 Å². The van der Waals surface area contributed by atoms with E-state index in [0.717, 1.165) is 16.3 Å². The third-order valence-electron chi connectivity index (χ3n) is 4.69. The van der Waals surface area contributed by atoms with E-state index in [1.165, 1.54) is 31.0 Å². The summed E-state index contributed by atoms with van der Waals surface area (Å²) in [5.74, 6) is 0.444. The SMILES string of the molecule is CC[C@H](C)NC(=O)c1ccc(Sc2ccc(NS(=O)(=O)c3ccc(OC)cc3)cc2)nc1. The van der Waals surface area contributed by atoms with E-state index in [1.807, 2.05) is 26.0 Å². The second-order valence-corrected chi connectivity index (χ2v) is 9.85. The van der Waals surface area contributed by atoms with Crippen LogP contribution in [0.4, 0.5) is 5.69 Å². The monoisotopic (exact) mass is 471 g/mol. The molecule has 3 rings (SSSR count). The molecular formula is C23H25N3O4S2. The van der Waals surface area contributed by atoms with Gasteiger partial charge in [-0.25, -0.2) is 13.4 Å². The minimum absolute atomic E-state index is 0.109. The predicted octanol–water partition coefficient (Wildman–Crippen LogP) is 4.57. The van der Waals surface area contributed by atoms with Crippen molar-refractivity contribution in [1.82, 2.24) is 10.3 Å². The van der Waals surface area contributed by atoms with Gasteiger partial charge in [0.15, 0.2) is 0 Å². The highest BCUT2D eigenvalue weighted by atomic mass is 32.2. The summed E-state index contributed by atoms with van der Waals surface area (Å²) in [5.41, 5.74) is 0.966. The average Bonchev–Trinajstić information content (AvgIpc) is 2.80. The maximum Gasteiger partial charge on any atom is 0.261 e. The number of hydrogen-bond acceptors (Lipinski definition) is 6. The van der Waals surface area contributed by atoms with Crippen LogP contribution in [0, 0.1) is 0 Å². The number of pyridine rings is 1. The zero-order valence-electron chi connectivity index (χ0n) is 18.0. The van der Waals surface area contributed by atoms with Crippen LogP contribution in [0.1, 0.15) is 30.6 Å². The van der Waals surface area contributed by atoms with Crippen LogP contribution in [-0.2, 0) is 10.0 Å². The summed E-state index contributed by atoms with van der Waals surface area (Å²) in [6.45, 7) is 3.97. The fraction of sp³-hybridized carbons (Fsp3) is 0.217. The fourth-order valence-corrected chi connectivity index (χ4v) is 4.48. The third kappa shape index (κ3) is 6.24. The van der Waals surface area contributed by atoms with Crippen LogP contribution in [0.3, 0.4) is 0 Å². The summed E-state index contributed by atoms with van der Waals surface area (Å²) in [6, 6.07) is 16.8. The van der Waals surface area contributed by atoms with Crippen molar-refractivity contribution in [2.24, 2.45) is 0 Å². The van der Waals surface area contributed by atoms with Crippen molar-refractivity contribution in [2.45, 2.75) is 41.1 Å². The molecule has 7 nitrogen and oxygen atoms in total. The van der Waals surface area contributed by atoms with Gasteiger partial charge in [-0.15, -0.1) is 0 Å². The largest absolute Gasteiger partial charge is 0.497 e. The Labute approximate surface area is 192 Å². The van der Waals surface area contributed by atoms with Crippen molar-refractivity contribution in [1.29, 1.82) is 0 Å². The lowest BCUT2D eigenvalue weighted by Gasteiger charge is -2.11. The molecule has 2 aromatic carbocycles. The number of carbonyl (C=O) groups is 1. The topological polar surface area (TPSA) is 97.4 Å². The van der Waals surface area contributed by atoms with Gasteiger partial charge in [0.25, 0.3) is 15.9 Å². The zero-order valence-corrected chi connectivity index (χ0v) is 19.7. The van der Waals surface area contributed by atoms with Crippen LogP contribution >= 0.6 is 11.8 Å². The molecular weight excluding hydrogens is 446 g/mol. The average molecular weight is 472 g/mol. The lowest BCUT2D eigenvalue weighted by Crippen LogP contribution is -2.31. The van der Waals surface area contributed by atoms with Gasteiger partial charge in [0.05, 0.1) is 17.6 Å². The molecule has 0 fully saturated rings. The Hall–Kier alpha value is -3.04. The number of benzene rings is 2. The molecule has 3 aromatic rings. The number of amides is 1. The normalized spacial score (nSPS) is 12.1. The molecule has 1 amide bonds. The molecule has 0 aliphatic carbocycles. The number of rotatable bonds is 9. The van der Waals surface area contributed by atoms with Gasteiger partial charge in [-0.1, -0.05) is 18.7 Å². The zero-order chi connectivity index (χ0) is 23.1. The maximum atomic E-state index is 12.6. The van der Waals surface area contributed by atoms with E-state index in [9.17, 15) is 13.2 Å². The highest BCUT2D eigenvalue weighted by Gasteiger charge is 2.14. The molecule has 2 N–H and O–H groups in total. The van der Waals surface area contributed by atoms with Gasteiger partial charge in [-0.05, 0) is 74.0 Å². The Morgan fingerprint density at radius 1 is 1.06 bits per heavy atom. The molecule has 168 valence electrons. The Morgan fingerprint density at radius 3 is 2.31 bits per heavy atom. The van der Waals surface area contributed by atoms with Crippen LogP contribution < -0.4 is 14.8 Å². The molecule has 32 heavy (non-hydrogen) atoms. The highest BCUT2D eigenvalue weighted by Crippen LogP contribution is 2.28. The summed E-state index contributed by atoms with van der Waals surface area (Å²) < 4.78 is 32.7. The van der Waals surface area contributed by atoms with E-state index < -0.39 is 10.0 Å². The molecule has 0 radical (unpaired) electrons. The number of nitrogens with zero attached hydrogens (tertiary/aromatic N) is 1. The smallest absolute Gasteiger partial charge is 0.261 e. The number of hydrogen-bond donors (Lipinski definition) is 2. The van der Waals surface area contributed by atoms with E-state index in [1.54, 1.807) is 42.6 Å². The summed E-state index contributed by atoms with van der Waals surface area (Å²) >= 11 is 1.42. The number of anilines is 1. The van der Waals surface area contributed by atoms with Gasteiger partial charge >= 0.3 is 0 Å². The number of ether oxygens (including phenoxy) is 1. The minimum atomic E-state index is -3.70. The molecule has 0 bridgehead atoms. The van der Waals surface area contributed by atoms with Crippen LogP contribution in [0.5, 0.6) is 5.75 Å². The highest BCUT2D eigenvalue weighted by molar-refractivity contribution is 7.99. The van der Waals surface area contributed by atoms with E-state index in [4.69, 9.17) is 4.74 Å². The number of carbonyl (C=O) groups excluding carboxylic acids is 1.